The van der Waals surface area contributed by atoms with Gasteiger partial charge < -0.3 is 5.11 Å². The lowest BCUT2D eigenvalue weighted by molar-refractivity contribution is 0.0648. The zero-order chi connectivity index (χ0) is 8.27. The lowest BCUT2D eigenvalue weighted by Gasteiger charge is -2.28. The topological polar surface area (TPSA) is 20.2 Å². The molecule has 0 aliphatic heterocycles. The second kappa shape index (κ2) is 3.91. The van der Waals surface area contributed by atoms with Crippen molar-refractivity contribution >= 4 is 0 Å². The first-order valence-electron chi connectivity index (χ1n) is 4.60. The first-order chi connectivity index (χ1) is 5.25. The van der Waals surface area contributed by atoms with Crippen LogP contribution in [0.15, 0.2) is 12.2 Å². The summed E-state index contributed by atoms with van der Waals surface area (Å²) in [5.41, 5.74) is 0. The average Bonchev–Trinajstić information content (AvgIpc) is 1.99. The van der Waals surface area contributed by atoms with E-state index in [2.05, 4.69) is 26.0 Å². The zero-order valence-electron chi connectivity index (χ0n) is 7.46. The van der Waals surface area contributed by atoms with Gasteiger partial charge in [-0.1, -0.05) is 32.4 Å². The molecule has 1 aliphatic carbocycles. The van der Waals surface area contributed by atoms with Crippen molar-refractivity contribution in [2.45, 2.75) is 39.2 Å². The summed E-state index contributed by atoms with van der Waals surface area (Å²) in [6.45, 7) is 4.26. The van der Waals surface area contributed by atoms with Gasteiger partial charge in [-0.05, 0) is 18.8 Å². The molecule has 11 heavy (non-hydrogen) atoms. The molecule has 1 nitrogen and oxygen atoms in total. The molecule has 0 heterocycles. The lowest BCUT2D eigenvalue weighted by Crippen LogP contribution is -2.28. The summed E-state index contributed by atoms with van der Waals surface area (Å²) in [6.07, 6.45) is 7.64. The SMILES string of the molecule is CCC[C@@H]1CC=CC(C)C1O. The molecule has 1 N–H and O–H groups in total. The van der Waals surface area contributed by atoms with Crippen LogP contribution in [0.2, 0.25) is 0 Å². The van der Waals surface area contributed by atoms with Crippen molar-refractivity contribution in [1.29, 1.82) is 0 Å². The van der Waals surface area contributed by atoms with Gasteiger partial charge in [-0.3, -0.25) is 0 Å². The Balaban J connectivity index is 2.48. The molecule has 3 atom stereocenters. The lowest BCUT2D eigenvalue weighted by atomic mass is 9.82. The van der Waals surface area contributed by atoms with E-state index in [0.29, 0.717) is 11.8 Å². The van der Waals surface area contributed by atoms with Gasteiger partial charge in [0.15, 0.2) is 0 Å². The van der Waals surface area contributed by atoms with E-state index in [1.165, 1.54) is 6.42 Å². The Labute approximate surface area is 69.1 Å². The number of rotatable bonds is 2. The van der Waals surface area contributed by atoms with Crippen molar-refractivity contribution in [2.75, 3.05) is 0 Å². The predicted octanol–water partition coefficient (Wildman–Crippen LogP) is 2.36. The van der Waals surface area contributed by atoms with Gasteiger partial charge >= 0.3 is 0 Å². The third-order valence-electron chi connectivity index (χ3n) is 2.56. The van der Waals surface area contributed by atoms with Crippen LogP contribution < -0.4 is 0 Å². The van der Waals surface area contributed by atoms with E-state index >= 15 is 0 Å². The maximum absolute atomic E-state index is 9.72. The predicted molar refractivity (Wildman–Crippen MR) is 47.3 cm³/mol. The molecule has 0 fully saturated rings. The fourth-order valence-electron chi connectivity index (χ4n) is 1.81. The van der Waals surface area contributed by atoms with Crippen LogP contribution in [-0.4, -0.2) is 11.2 Å². The summed E-state index contributed by atoms with van der Waals surface area (Å²) < 4.78 is 0. The van der Waals surface area contributed by atoms with E-state index in [4.69, 9.17) is 0 Å². The molecule has 1 rings (SSSR count). The molecule has 0 aromatic heterocycles. The van der Waals surface area contributed by atoms with Crippen molar-refractivity contribution in [3.63, 3.8) is 0 Å². The summed E-state index contributed by atoms with van der Waals surface area (Å²) in [4.78, 5) is 0. The van der Waals surface area contributed by atoms with Crippen molar-refractivity contribution in [3.8, 4) is 0 Å². The summed E-state index contributed by atoms with van der Waals surface area (Å²) >= 11 is 0. The molecule has 1 heteroatoms. The molecule has 0 saturated heterocycles. The summed E-state index contributed by atoms with van der Waals surface area (Å²) in [6, 6.07) is 0. The van der Waals surface area contributed by atoms with Gasteiger partial charge in [0.1, 0.15) is 0 Å². The first kappa shape index (κ1) is 8.79. The van der Waals surface area contributed by atoms with Gasteiger partial charge in [0.25, 0.3) is 0 Å². The van der Waals surface area contributed by atoms with Gasteiger partial charge in [0, 0.05) is 5.92 Å². The van der Waals surface area contributed by atoms with Crippen LogP contribution in [0.4, 0.5) is 0 Å². The van der Waals surface area contributed by atoms with Gasteiger partial charge in [0.2, 0.25) is 0 Å². The molecular weight excluding hydrogens is 136 g/mol. The third-order valence-corrected chi connectivity index (χ3v) is 2.56. The molecule has 0 saturated carbocycles. The molecule has 0 aromatic carbocycles. The molecule has 1 aliphatic rings. The maximum atomic E-state index is 9.72. The van der Waals surface area contributed by atoms with Gasteiger partial charge in [-0.25, -0.2) is 0 Å². The second-order valence-electron chi connectivity index (χ2n) is 3.56. The molecule has 64 valence electrons. The summed E-state index contributed by atoms with van der Waals surface area (Å²) in [5, 5.41) is 9.72. The Morgan fingerprint density at radius 3 is 2.91 bits per heavy atom. The van der Waals surface area contributed by atoms with Crippen LogP contribution in [0.3, 0.4) is 0 Å². The van der Waals surface area contributed by atoms with Crippen molar-refractivity contribution in [1.82, 2.24) is 0 Å². The highest BCUT2D eigenvalue weighted by molar-refractivity contribution is 4.98. The van der Waals surface area contributed by atoms with E-state index in [-0.39, 0.29) is 6.10 Å². The standard InChI is InChI=1S/C10H18O/c1-3-5-9-7-4-6-8(2)10(9)11/h4,6,8-11H,3,5,7H2,1-2H3/t8?,9-,10?/m1/s1. The van der Waals surface area contributed by atoms with E-state index in [1.807, 2.05) is 0 Å². The molecule has 0 amide bonds. The monoisotopic (exact) mass is 154 g/mol. The minimum Gasteiger partial charge on any atom is -0.392 e. The zero-order valence-corrected chi connectivity index (χ0v) is 7.46. The fraction of sp³-hybridized carbons (Fsp3) is 0.800. The largest absolute Gasteiger partial charge is 0.392 e. The minimum atomic E-state index is -0.0973. The van der Waals surface area contributed by atoms with Crippen LogP contribution in [0.5, 0.6) is 0 Å². The van der Waals surface area contributed by atoms with Crippen molar-refractivity contribution in [3.05, 3.63) is 12.2 Å². The number of hydrogen-bond donors (Lipinski definition) is 1. The van der Waals surface area contributed by atoms with Gasteiger partial charge in [-0.15, -0.1) is 0 Å². The molecular formula is C10H18O. The Kier molecular flexibility index (Phi) is 3.13. The summed E-state index contributed by atoms with van der Waals surface area (Å²) in [5.74, 6) is 0.875. The number of aliphatic hydroxyl groups excluding tert-OH is 1. The normalized spacial score (nSPS) is 37.5. The maximum Gasteiger partial charge on any atom is 0.0631 e. The van der Waals surface area contributed by atoms with Crippen molar-refractivity contribution < 1.29 is 5.11 Å². The quantitative estimate of drug-likeness (QED) is 0.605. The van der Waals surface area contributed by atoms with E-state index in [0.717, 1.165) is 12.8 Å². The van der Waals surface area contributed by atoms with Crippen molar-refractivity contribution in [2.24, 2.45) is 11.8 Å². The number of allylic oxidation sites excluding steroid dienone is 1. The van der Waals surface area contributed by atoms with E-state index < -0.39 is 0 Å². The molecule has 0 radical (unpaired) electrons. The smallest absolute Gasteiger partial charge is 0.0631 e. The molecule has 0 aromatic rings. The third kappa shape index (κ3) is 2.06. The Morgan fingerprint density at radius 1 is 1.55 bits per heavy atom. The highest BCUT2D eigenvalue weighted by Gasteiger charge is 2.24. The van der Waals surface area contributed by atoms with Crippen LogP contribution in [0.25, 0.3) is 0 Å². The fourth-order valence-corrected chi connectivity index (χ4v) is 1.81. The minimum absolute atomic E-state index is 0.0973. The van der Waals surface area contributed by atoms with Crippen LogP contribution >= 0.6 is 0 Å². The highest BCUT2D eigenvalue weighted by atomic mass is 16.3. The van der Waals surface area contributed by atoms with Crippen LogP contribution in [0.1, 0.15) is 33.1 Å². The molecule has 0 spiro atoms. The first-order valence-corrected chi connectivity index (χ1v) is 4.60. The van der Waals surface area contributed by atoms with Gasteiger partial charge in [-0.2, -0.15) is 0 Å². The molecule has 0 bridgehead atoms. The Bertz CT molecular complexity index is 140. The Hall–Kier alpha value is -0.300. The molecule has 2 unspecified atom stereocenters. The van der Waals surface area contributed by atoms with E-state index in [1.54, 1.807) is 0 Å². The Morgan fingerprint density at radius 2 is 2.27 bits per heavy atom. The van der Waals surface area contributed by atoms with Crippen LogP contribution in [-0.2, 0) is 0 Å². The summed E-state index contributed by atoms with van der Waals surface area (Å²) in [7, 11) is 0. The van der Waals surface area contributed by atoms with Gasteiger partial charge in [0.05, 0.1) is 6.10 Å². The number of hydrogen-bond acceptors (Lipinski definition) is 1. The van der Waals surface area contributed by atoms with Crippen LogP contribution in [0, 0.1) is 11.8 Å². The average molecular weight is 154 g/mol. The second-order valence-corrected chi connectivity index (χ2v) is 3.56. The van der Waals surface area contributed by atoms with E-state index in [9.17, 15) is 5.11 Å². The highest BCUT2D eigenvalue weighted by Crippen LogP contribution is 2.26. The number of aliphatic hydroxyl groups is 1.